The molecule has 0 radical (unpaired) electrons. The van der Waals surface area contributed by atoms with Crippen molar-refractivity contribution in [1.82, 2.24) is 0 Å². The molecule has 1 aromatic carbocycles. The number of phenols is 2. The van der Waals surface area contributed by atoms with E-state index >= 15 is 0 Å². The van der Waals surface area contributed by atoms with Crippen molar-refractivity contribution in [3.05, 3.63) is 18.2 Å². The number of benzene rings is 1. The van der Waals surface area contributed by atoms with Gasteiger partial charge in [-0.2, -0.15) is 0 Å². The van der Waals surface area contributed by atoms with Crippen LogP contribution >= 0.6 is 0 Å². The molecule has 0 unspecified atom stereocenters. The molecule has 1 aliphatic carbocycles. The Labute approximate surface area is 89.3 Å². The SMILES string of the molecule is Oc1ccc(OC2CCCCC2)c(O)c1. The molecule has 0 saturated heterocycles. The normalized spacial score (nSPS) is 17.6. The van der Waals surface area contributed by atoms with Gasteiger partial charge < -0.3 is 14.9 Å². The van der Waals surface area contributed by atoms with Gasteiger partial charge in [-0.25, -0.2) is 0 Å². The predicted octanol–water partition coefficient (Wildman–Crippen LogP) is 2.81. The van der Waals surface area contributed by atoms with E-state index in [4.69, 9.17) is 9.84 Å². The Kier molecular flexibility index (Phi) is 2.99. The lowest BCUT2D eigenvalue weighted by Crippen LogP contribution is -2.19. The van der Waals surface area contributed by atoms with Gasteiger partial charge in [-0.05, 0) is 37.8 Å². The van der Waals surface area contributed by atoms with E-state index in [0.29, 0.717) is 5.75 Å². The van der Waals surface area contributed by atoms with Crippen LogP contribution in [0.5, 0.6) is 17.2 Å². The van der Waals surface area contributed by atoms with Crippen molar-refractivity contribution in [2.75, 3.05) is 0 Å². The highest BCUT2D eigenvalue weighted by Crippen LogP contribution is 2.32. The fourth-order valence-corrected chi connectivity index (χ4v) is 1.97. The maximum atomic E-state index is 9.54. The van der Waals surface area contributed by atoms with Crippen LogP contribution < -0.4 is 4.74 Å². The summed E-state index contributed by atoms with van der Waals surface area (Å²) >= 11 is 0. The molecule has 1 fully saturated rings. The zero-order chi connectivity index (χ0) is 10.7. The molecule has 0 atom stereocenters. The molecule has 3 nitrogen and oxygen atoms in total. The topological polar surface area (TPSA) is 49.7 Å². The van der Waals surface area contributed by atoms with Crippen molar-refractivity contribution in [2.24, 2.45) is 0 Å². The molecule has 0 spiro atoms. The third-order valence-electron chi connectivity index (χ3n) is 2.79. The average Bonchev–Trinajstić information content (AvgIpc) is 2.24. The predicted molar refractivity (Wildman–Crippen MR) is 57.3 cm³/mol. The van der Waals surface area contributed by atoms with Crippen molar-refractivity contribution in [2.45, 2.75) is 38.2 Å². The van der Waals surface area contributed by atoms with E-state index in [9.17, 15) is 5.11 Å². The van der Waals surface area contributed by atoms with Crippen molar-refractivity contribution in [3.63, 3.8) is 0 Å². The lowest BCUT2D eigenvalue weighted by atomic mass is 9.98. The maximum absolute atomic E-state index is 9.54. The van der Waals surface area contributed by atoms with Gasteiger partial charge in [-0.1, -0.05) is 6.42 Å². The van der Waals surface area contributed by atoms with Crippen LogP contribution in [0.15, 0.2) is 18.2 Å². The second-order valence-corrected chi connectivity index (χ2v) is 4.03. The summed E-state index contributed by atoms with van der Waals surface area (Å²) in [4.78, 5) is 0. The quantitative estimate of drug-likeness (QED) is 0.785. The van der Waals surface area contributed by atoms with Crippen LogP contribution in [0.1, 0.15) is 32.1 Å². The van der Waals surface area contributed by atoms with Gasteiger partial charge in [0.15, 0.2) is 11.5 Å². The molecule has 2 N–H and O–H groups in total. The van der Waals surface area contributed by atoms with Crippen molar-refractivity contribution < 1.29 is 14.9 Å². The smallest absolute Gasteiger partial charge is 0.161 e. The number of hydrogen-bond acceptors (Lipinski definition) is 3. The fraction of sp³-hybridized carbons (Fsp3) is 0.500. The maximum Gasteiger partial charge on any atom is 0.161 e. The number of phenolic OH excluding ortho intramolecular Hbond substituents is 2. The first-order chi connectivity index (χ1) is 7.25. The number of aromatic hydroxyl groups is 2. The van der Waals surface area contributed by atoms with E-state index in [2.05, 4.69) is 0 Å². The summed E-state index contributed by atoms with van der Waals surface area (Å²) in [5, 5.41) is 18.7. The zero-order valence-electron chi connectivity index (χ0n) is 8.65. The van der Waals surface area contributed by atoms with Gasteiger partial charge in [0.1, 0.15) is 5.75 Å². The van der Waals surface area contributed by atoms with Gasteiger partial charge >= 0.3 is 0 Å². The average molecular weight is 208 g/mol. The van der Waals surface area contributed by atoms with Gasteiger partial charge in [-0.3, -0.25) is 0 Å². The Morgan fingerprint density at radius 1 is 1.07 bits per heavy atom. The molecular formula is C12H16O3. The minimum atomic E-state index is 0.0144. The van der Waals surface area contributed by atoms with Crippen molar-refractivity contribution in [1.29, 1.82) is 0 Å². The lowest BCUT2D eigenvalue weighted by Gasteiger charge is -2.23. The van der Waals surface area contributed by atoms with Crippen LogP contribution in [0.3, 0.4) is 0 Å². The van der Waals surface area contributed by atoms with Crippen LogP contribution in [-0.2, 0) is 0 Å². The molecule has 1 aliphatic rings. The molecular weight excluding hydrogens is 192 g/mol. The second-order valence-electron chi connectivity index (χ2n) is 4.03. The molecule has 0 heterocycles. The lowest BCUT2D eigenvalue weighted by molar-refractivity contribution is 0.150. The molecule has 0 amide bonds. The minimum absolute atomic E-state index is 0.0144. The fourth-order valence-electron chi connectivity index (χ4n) is 1.97. The summed E-state index contributed by atoms with van der Waals surface area (Å²) < 4.78 is 5.68. The summed E-state index contributed by atoms with van der Waals surface area (Å²) in [5.74, 6) is 0.545. The Balaban J connectivity index is 2.03. The Morgan fingerprint density at radius 2 is 1.80 bits per heavy atom. The first-order valence-electron chi connectivity index (χ1n) is 5.44. The number of ether oxygens (including phenoxy) is 1. The first kappa shape index (κ1) is 10.1. The second kappa shape index (κ2) is 4.43. The Morgan fingerprint density at radius 3 is 2.47 bits per heavy atom. The van der Waals surface area contributed by atoms with E-state index in [1.165, 1.54) is 31.4 Å². The molecule has 2 rings (SSSR count). The van der Waals surface area contributed by atoms with Crippen LogP contribution in [0.4, 0.5) is 0 Å². The van der Waals surface area contributed by atoms with Gasteiger partial charge in [0.25, 0.3) is 0 Å². The summed E-state index contributed by atoms with van der Waals surface area (Å²) in [6.07, 6.45) is 6.00. The third-order valence-corrected chi connectivity index (χ3v) is 2.79. The largest absolute Gasteiger partial charge is 0.508 e. The summed E-state index contributed by atoms with van der Waals surface area (Å²) in [5.41, 5.74) is 0. The van der Waals surface area contributed by atoms with E-state index in [1.807, 2.05) is 0 Å². The van der Waals surface area contributed by atoms with Crippen LogP contribution in [0, 0.1) is 0 Å². The number of rotatable bonds is 2. The molecule has 15 heavy (non-hydrogen) atoms. The molecule has 1 aromatic rings. The molecule has 3 heteroatoms. The summed E-state index contributed by atoms with van der Waals surface area (Å²) in [6, 6.07) is 4.44. The van der Waals surface area contributed by atoms with Crippen LogP contribution in [0.25, 0.3) is 0 Å². The van der Waals surface area contributed by atoms with Crippen LogP contribution in [-0.4, -0.2) is 16.3 Å². The van der Waals surface area contributed by atoms with Crippen molar-refractivity contribution in [3.8, 4) is 17.2 Å². The zero-order valence-corrected chi connectivity index (χ0v) is 8.65. The minimum Gasteiger partial charge on any atom is -0.508 e. The highest BCUT2D eigenvalue weighted by Gasteiger charge is 2.16. The van der Waals surface area contributed by atoms with E-state index in [-0.39, 0.29) is 17.6 Å². The van der Waals surface area contributed by atoms with E-state index < -0.39 is 0 Å². The number of hydrogen-bond donors (Lipinski definition) is 2. The molecule has 0 aromatic heterocycles. The van der Waals surface area contributed by atoms with E-state index in [0.717, 1.165) is 12.8 Å². The summed E-state index contributed by atoms with van der Waals surface area (Å²) in [6.45, 7) is 0. The standard InChI is InChI=1S/C12H16O3/c13-9-6-7-12(11(14)8-9)15-10-4-2-1-3-5-10/h6-8,10,13-14H,1-5H2. The van der Waals surface area contributed by atoms with Gasteiger partial charge in [0.2, 0.25) is 0 Å². The Bertz CT molecular complexity index is 330. The molecule has 82 valence electrons. The first-order valence-corrected chi connectivity index (χ1v) is 5.44. The van der Waals surface area contributed by atoms with E-state index in [1.54, 1.807) is 6.07 Å². The Hall–Kier alpha value is -1.38. The summed E-state index contributed by atoms with van der Waals surface area (Å²) in [7, 11) is 0. The van der Waals surface area contributed by atoms with Gasteiger partial charge in [0, 0.05) is 6.07 Å². The highest BCUT2D eigenvalue weighted by atomic mass is 16.5. The monoisotopic (exact) mass is 208 g/mol. The van der Waals surface area contributed by atoms with Gasteiger partial charge in [0.05, 0.1) is 6.10 Å². The van der Waals surface area contributed by atoms with Gasteiger partial charge in [-0.15, -0.1) is 0 Å². The molecule has 0 bridgehead atoms. The molecule has 1 saturated carbocycles. The van der Waals surface area contributed by atoms with Crippen LogP contribution in [0.2, 0.25) is 0 Å². The van der Waals surface area contributed by atoms with Crippen molar-refractivity contribution >= 4 is 0 Å². The highest BCUT2D eigenvalue weighted by molar-refractivity contribution is 5.43. The molecule has 0 aliphatic heterocycles. The third kappa shape index (κ3) is 2.55.